The van der Waals surface area contributed by atoms with Gasteiger partial charge in [-0.15, -0.1) is 5.10 Å². The molecule has 3 aromatic rings. The molecule has 4 rings (SSSR count). The van der Waals surface area contributed by atoms with Crippen LogP contribution in [0, 0.1) is 0 Å². The average molecular weight is 492 g/mol. The molecule has 0 fully saturated rings. The van der Waals surface area contributed by atoms with Crippen LogP contribution in [0.3, 0.4) is 0 Å². The van der Waals surface area contributed by atoms with Gasteiger partial charge in [0.05, 0.1) is 19.2 Å². The molecule has 0 unspecified atom stereocenters. The molecule has 1 aliphatic rings. The van der Waals surface area contributed by atoms with Crippen LogP contribution in [0.4, 0.5) is 23.8 Å². The molecule has 0 bridgehead atoms. The monoisotopic (exact) mass is 492 g/mol. The van der Waals surface area contributed by atoms with Gasteiger partial charge in [0.2, 0.25) is 5.82 Å². The molecule has 15 heteroatoms. The lowest BCUT2D eigenvalue weighted by atomic mass is 10.1. The first-order chi connectivity index (χ1) is 16.6. The minimum absolute atomic E-state index is 0.0193. The first kappa shape index (κ1) is 24.0. The van der Waals surface area contributed by atoms with Crippen molar-refractivity contribution >= 4 is 17.8 Å². The number of pyridine rings is 2. The van der Waals surface area contributed by atoms with Gasteiger partial charge in [-0.2, -0.15) is 13.2 Å². The first-order valence-electron chi connectivity index (χ1n) is 10.3. The third-order valence-corrected chi connectivity index (χ3v) is 5.05. The first-order valence-corrected chi connectivity index (χ1v) is 10.3. The van der Waals surface area contributed by atoms with E-state index >= 15 is 0 Å². The van der Waals surface area contributed by atoms with E-state index in [1.54, 1.807) is 25.1 Å². The minimum atomic E-state index is -4.62. The molecule has 3 aromatic heterocycles. The quantitative estimate of drug-likeness (QED) is 0.527. The summed E-state index contributed by atoms with van der Waals surface area (Å²) in [6, 6.07) is 5.90. The van der Waals surface area contributed by atoms with Gasteiger partial charge in [0, 0.05) is 12.7 Å². The van der Waals surface area contributed by atoms with Crippen molar-refractivity contribution in [3.8, 4) is 11.5 Å². The van der Waals surface area contributed by atoms with Gasteiger partial charge in [0.15, 0.2) is 6.61 Å². The number of nitrogens with zero attached hydrogens (tertiary/aromatic N) is 7. The standard InChI is InChI=1S/C20H19F3N8O4/c1-11(9-32)31-17(27-28-29-31)14-3-2-4-16(25-14)26-18(33)15-5-12-7-30(8-13(12)6-24-15)19(34)35-10-20(21,22)23/h2-6,11,32H,7-10H2,1H3,(H,25,26,33)/t11-/m1/s1. The maximum Gasteiger partial charge on any atom is 0.422 e. The van der Waals surface area contributed by atoms with Gasteiger partial charge >= 0.3 is 12.3 Å². The molecule has 4 heterocycles. The number of anilines is 1. The Morgan fingerprint density at radius 2 is 2.03 bits per heavy atom. The number of amides is 2. The number of aliphatic hydroxyl groups excluding tert-OH is 1. The highest BCUT2D eigenvalue weighted by Crippen LogP contribution is 2.25. The average Bonchev–Trinajstić information content (AvgIpc) is 3.48. The number of rotatable bonds is 6. The molecule has 35 heavy (non-hydrogen) atoms. The fraction of sp³-hybridized carbons (Fsp3) is 0.350. The van der Waals surface area contributed by atoms with E-state index in [9.17, 15) is 27.9 Å². The summed E-state index contributed by atoms with van der Waals surface area (Å²) in [7, 11) is 0. The third-order valence-electron chi connectivity index (χ3n) is 5.05. The summed E-state index contributed by atoms with van der Waals surface area (Å²) in [6.45, 7) is -0.139. The zero-order valence-corrected chi connectivity index (χ0v) is 18.2. The number of ether oxygens (including phenoxy) is 1. The van der Waals surface area contributed by atoms with Crippen LogP contribution in [0.1, 0.15) is 34.6 Å². The van der Waals surface area contributed by atoms with Crippen LogP contribution in [0.25, 0.3) is 11.5 Å². The topological polar surface area (TPSA) is 148 Å². The van der Waals surface area contributed by atoms with Gasteiger partial charge in [-0.25, -0.2) is 14.5 Å². The van der Waals surface area contributed by atoms with Gasteiger partial charge in [-0.1, -0.05) is 6.07 Å². The Balaban J connectivity index is 1.44. The molecule has 0 saturated carbocycles. The number of hydrogen-bond donors (Lipinski definition) is 2. The Morgan fingerprint density at radius 1 is 1.26 bits per heavy atom. The van der Waals surface area contributed by atoms with E-state index in [2.05, 4.69) is 35.5 Å². The number of aromatic nitrogens is 6. The maximum atomic E-state index is 12.7. The van der Waals surface area contributed by atoms with Crippen LogP contribution in [-0.2, 0) is 17.8 Å². The van der Waals surface area contributed by atoms with E-state index in [1.165, 1.54) is 16.9 Å². The van der Waals surface area contributed by atoms with E-state index in [1.807, 2.05) is 0 Å². The summed E-state index contributed by atoms with van der Waals surface area (Å²) in [6.07, 6.45) is -4.34. The highest BCUT2D eigenvalue weighted by molar-refractivity contribution is 6.02. The molecule has 1 atom stereocenters. The zero-order valence-electron chi connectivity index (χ0n) is 18.2. The maximum absolute atomic E-state index is 12.7. The number of tetrazole rings is 1. The van der Waals surface area contributed by atoms with Gasteiger partial charge < -0.3 is 15.2 Å². The second-order valence-corrected chi connectivity index (χ2v) is 7.70. The SMILES string of the molecule is C[C@H](CO)n1nnnc1-c1cccc(NC(=O)c2cc3c(cn2)CN(C(=O)OCC(F)(F)F)C3)n1. The summed E-state index contributed by atoms with van der Waals surface area (Å²) in [5.74, 6) is -0.0898. The molecule has 2 amide bonds. The van der Waals surface area contributed by atoms with E-state index in [4.69, 9.17) is 0 Å². The van der Waals surface area contributed by atoms with Gasteiger partial charge in [0.25, 0.3) is 5.91 Å². The lowest BCUT2D eigenvalue weighted by molar-refractivity contribution is -0.162. The number of halogens is 3. The van der Waals surface area contributed by atoms with Crippen LogP contribution in [0.15, 0.2) is 30.5 Å². The van der Waals surface area contributed by atoms with Crippen molar-refractivity contribution < 1.29 is 32.6 Å². The van der Waals surface area contributed by atoms with E-state index in [0.29, 0.717) is 22.6 Å². The Kier molecular flexibility index (Phi) is 6.59. The van der Waals surface area contributed by atoms with Crippen molar-refractivity contribution in [2.45, 2.75) is 32.2 Å². The van der Waals surface area contributed by atoms with Gasteiger partial charge in [-0.3, -0.25) is 14.7 Å². The largest absolute Gasteiger partial charge is 0.440 e. The predicted octanol–water partition coefficient (Wildman–Crippen LogP) is 1.95. The fourth-order valence-corrected chi connectivity index (χ4v) is 3.32. The van der Waals surface area contributed by atoms with E-state index in [0.717, 1.165) is 4.90 Å². The molecule has 2 N–H and O–H groups in total. The Labute approximate surface area is 195 Å². The summed E-state index contributed by atoms with van der Waals surface area (Å²) < 4.78 is 42.5. The number of fused-ring (bicyclic) bond motifs is 1. The van der Waals surface area contributed by atoms with Crippen molar-refractivity contribution in [1.29, 1.82) is 0 Å². The number of carbonyl (C=O) groups excluding carboxylic acids is 2. The summed E-state index contributed by atoms with van der Waals surface area (Å²) in [5, 5.41) is 23.4. The molecule has 0 radical (unpaired) electrons. The van der Waals surface area contributed by atoms with Crippen LogP contribution >= 0.6 is 0 Å². The smallest absolute Gasteiger partial charge is 0.422 e. The van der Waals surface area contributed by atoms with Crippen LogP contribution in [0.5, 0.6) is 0 Å². The number of carbonyl (C=O) groups is 2. The molecule has 0 spiro atoms. The zero-order chi connectivity index (χ0) is 25.2. The van der Waals surface area contributed by atoms with E-state index in [-0.39, 0.29) is 37.3 Å². The number of nitrogens with one attached hydrogen (secondary N) is 1. The molecule has 184 valence electrons. The Bertz CT molecular complexity index is 1250. The normalized spacial score (nSPS) is 13.9. The fourth-order valence-electron chi connectivity index (χ4n) is 3.32. The Morgan fingerprint density at radius 3 is 2.77 bits per heavy atom. The predicted molar refractivity (Wildman–Crippen MR) is 112 cm³/mol. The lowest BCUT2D eigenvalue weighted by Gasteiger charge is -2.16. The van der Waals surface area contributed by atoms with Crippen molar-refractivity contribution in [1.82, 2.24) is 35.1 Å². The van der Waals surface area contributed by atoms with Crippen molar-refractivity contribution in [3.63, 3.8) is 0 Å². The second-order valence-electron chi connectivity index (χ2n) is 7.70. The molecular weight excluding hydrogens is 473 g/mol. The second kappa shape index (κ2) is 9.61. The summed E-state index contributed by atoms with van der Waals surface area (Å²) in [4.78, 5) is 34.1. The number of hydrogen-bond acceptors (Lipinski definition) is 9. The number of alkyl halides is 3. The lowest BCUT2D eigenvalue weighted by Crippen LogP contribution is -2.30. The number of aliphatic hydroxyl groups is 1. The molecule has 0 aliphatic carbocycles. The van der Waals surface area contributed by atoms with Gasteiger partial charge in [-0.05, 0) is 46.7 Å². The van der Waals surface area contributed by atoms with Crippen LogP contribution < -0.4 is 5.32 Å². The van der Waals surface area contributed by atoms with Crippen LogP contribution in [0.2, 0.25) is 0 Å². The molecular formula is C20H19F3N8O4. The summed E-state index contributed by atoms with van der Waals surface area (Å²) in [5.41, 5.74) is 1.55. The highest BCUT2D eigenvalue weighted by Gasteiger charge is 2.32. The molecule has 12 nitrogen and oxygen atoms in total. The van der Waals surface area contributed by atoms with Crippen LogP contribution in [-0.4, -0.2) is 71.6 Å². The highest BCUT2D eigenvalue weighted by atomic mass is 19.4. The Hall–Kier alpha value is -4.14. The molecule has 0 saturated heterocycles. The molecule has 0 aromatic carbocycles. The third kappa shape index (κ3) is 5.51. The minimum Gasteiger partial charge on any atom is -0.440 e. The van der Waals surface area contributed by atoms with E-state index < -0.39 is 24.8 Å². The van der Waals surface area contributed by atoms with Crippen molar-refractivity contribution in [3.05, 3.63) is 47.3 Å². The van der Waals surface area contributed by atoms with Crippen molar-refractivity contribution in [2.75, 3.05) is 18.5 Å². The summed E-state index contributed by atoms with van der Waals surface area (Å²) >= 11 is 0. The van der Waals surface area contributed by atoms with Crippen molar-refractivity contribution in [2.24, 2.45) is 0 Å². The van der Waals surface area contributed by atoms with Gasteiger partial charge in [0.1, 0.15) is 17.2 Å². The molecule has 1 aliphatic heterocycles.